The molecule has 0 amide bonds. The van der Waals surface area contributed by atoms with Crippen molar-refractivity contribution in [3.63, 3.8) is 0 Å². The van der Waals surface area contributed by atoms with Crippen LogP contribution in [0.3, 0.4) is 0 Å². The highest BCUT2D eigenvalue weighted by Crippen LogP contribution is 2.53. The Kier molecular flexibility index (Phi) is 3.59. The van der Waals surface area contributed by atoms with E-state index in [9.17, 15) is 0 Å². The van der Waals surface area contributed by atoms with Crippen LogP contribution in [0.25, 0.3) is 0 Å². The highest BCUT2D eigenvalue weighted by molar-refractivity contribution is 4.93. The number of unbranched alkanes of at least 4 members (excludes halogenated alkanes) is 1. The van der Waals surface area contributed by atoms with Gasteiger partial charge in [-0.15, -0.1) is 0 Å². The second-order valence-electron chi connectivity index (χ2n) is 5.39. The SMILES string of the molecule is CCCCC(CC)(C1OO1)C(C)(C)C. The Morgan fingerprint density at radius 2 is 1.64 bits per heavy atom. The topological polar surface area (TPSA) is 25.1 Å². The van der Waals surface area contributed by atoms with Crippen molar-refractivity contribution in [1.82, 2.24) is 0 Å². The van der Waals surface area contributed by atoms with Gasteiger partial charge in [0.1, 0.15) is 0 Å². The molecule has 0 aromatic carbocycles. The Morgan fingerprint density at radius 3 is 1.93 bits per heavy atom. The van der Waals surface area contributed by atoms with Crippen LogP contribution < -0.4 is 0 Å². The molecule has 1 fully saturated rings. The molecule has 2 nitrogen and oxygen atoms in total. The van der Waals surface area contributed by atoms with Crippen molar-refractivity contribution in [1.29, 1.82) is 0 Å². The molecule has 1 rings (SSSR count). The fourth-order valence-electron chi connectivity index (χ4n) is 2.42. The highest BCUT2D eigenvalue weighted by Gasteiger charge is 2.54. The third kappa shape index (κ3) is 2.12. The van der Waals surface area contributed by atoms with E-state index in [1.54, 1.807) is 0 Å². The molecule has 14 heavy (non-hydrogen) atoms. The average Bonchev–Trinajstić information content (AvgIpc) is 2.88. The molecule has 2 heteroatoms. The minimum atomic E-state index is 0.0408. The van der Waals surface area contributed by atoms with Gasteiger partial charge >= 0.3 is 0 Å². The lowest BCUT2D eigenvalue weighted by Gasteiger charge is -2.42. The summed E-state index contributed by atoms with van der Waals surface area (Å²) in [7, 11) is 0. The van der Waals surface area contributed by atoms with E-state index in [-0.39, 0.29) is 17.1 Å². The van der Waals surface area contributed by atoms with Crippen molar-refractivity contribution in [3.05, 3.63) is 0 Å². The quantitative estimate of drug-likeness (QED) is 0.496. The summed E-state index contributed by atoms with van der Waals surface area (Å²) in [5.74, 6) is 0. The monoisotopic (exact) mass is 200 g/mol. The first kappa shape index (κ1) is 12.0. The van der Waals surface area contributed by atoms with Gasteiger partial charge in [0.05, 0.1) is 0 Å². The van der Waals surface area contributed by atoms with Crippen LogP contribution in [0.2, 0.25) is 0 Å². The molecule has 1 aliphatic heterocycles. The maximum atomic E-state index is 5.09. The van der Waals surface area contributed by atoms with E-state index in [0.29, 0.717) is 0 Å². The van der Waals surface area contributed by atoms with E-state index < -0.39 is 0 Å². The normalized spacial score (nSPS) is 22.1. The Morgan fingerprint density at radius 1 is 1.07 bits per heavy atom. The molecule has 0 aromatic rings. The van der Waals surface area contributed by atoms with Gasteiger partial charge in [-0.25, -0.2) is 0 Å². The van der Waals surface area contributed by atoms with Crippen LogP contribution in [0.5, 0.6) is 0 Å². The summed E-state index contributed by atoms with van der Waals surface area (Å²) in [5, 5.41) is 0. The molecule has 0 radical (unpaired) electrons. The standard InChI is InChI=1S/C12H24O2/c1-6-8-9-12(7-2,10-13-14-10)11(3,4)5/h10H,6-9H2,1-5H3. The number of hydrogen-bond donors (Lipinski definition) is 0. The molecule has 1 saturated heterocycles. The summed E-state index contributed by atoms with van der Waals surface area (Å²) in [6.45, 7) is 11.3. The Bertz CT molecular complexity index is 179. The summed E-state index contributed by atoms with van der Waals surface area (Å²) >= 11 is 0. The Balaban J connectivity index is 2.75. The molecule has 0 aromatic heterocycles. The smallest absolute Gasteiger partial charge is 0.198 e. The Hall–Kier alpha value is -0.0800. The van der Waals surface area contributed by atoms with Crippen LogP contribution in [0.4, 0.5) is 0 Å². The first-order valence-corrected chi connectivity index (χ1v) is 5.80. The molecular formula is C12H24O2. The van der Waals surface area contributed by atoms with E-state index in [2.05, 4.69) is 34.6 Å². The van der Waals surface area contributed by atoms with Gasteiger partial charge in [0.2, 0.25) is 6.29 Å². The van der Waals surface area contributed by atoms with Crippen LogP contribution in [-0.2, 0) is 9.78 Å². The molecule has 0 spiro atoms. The van der Waals surface area contributed by atoms with Crippen molar-refractivity contribution in [2.75, 3.05) is 0 Å². The lowest BCUT2D eigenvalue weighted by molar-refractivity contribution is 0.0292. The zero-order valence-electron chi connectivity index (χ0n) is 10.2. The van der Waals surface area contributed by atoms with Gasteiger partial charge in [-0.3, -0.25) is 0 Å². The zero-order valence-corrected chi connectivity index (χ0v) is 10.2. The fraction of sp³-hybridized carbons (Fsp3) is 1.00. The van der Waals surface area contributed by atoms with Gasteiger partial charge in [0, 0.05) is 5.41 Å². The van der Waals surface area contributed by atoms with E-state index in [0.717, 1.165) is 6.42 Å². The summed E-state index contributed by atoms with van der Waals surface area (Å²) in [6, 6.07) is 0. The lowest BCUT2D eigenvalue weighted by Crippen LogP contribution is -2.40. The molecule has 84 valence electrons. The molecule has 1 atom stereocenters. The minimum absolute atomic E-state index is 0.0408. The molecular weight excluding hydrogens is 176 g/mol. The van der Waals surface area contributed by atoms with E-state index >= 15 is 0 Å². The van der Waals surface area contributed by atoms with Crippen molar-refractivity contribution < 1.29 is 9.78 Å². The van der Waals surface area contributed by atoms with Gasteiger partial charge in [0.25, 0.3) is 0 Å². The molecule has 0 N–H and O–H groups in total. The fourth-order valence-corrected chi connectivity index (χ4v) is 2.42. The summed E-state index contributed by atoms with van der Waals surface area (Å²) in [5.41, 5.74) is 0.446. The highest BCUT2D eigenvalue weighted by atomic mass is 17.4. The number of hydrogen-bond acceptors (Lipinski definition) is 2. The molecule has 1 heterocycles. The number of rotatable bonds is 5. The van der Waals surface area contributed by atoms with Gasteiger partial charge in [0.15, 0.2) is 0 Å². The first-order valence-electron chi connectivity index (χ1n) is 5.80. The van der Waals surface area contributed by atoms with Crippen LogP contribution in [0, 0.1) is 10.8 Å². The van der Waals surface area contributed by atoms with Gasteiger partial charge in [-0.1, -0.05) is 47.5 Å². The summed E-state index contributed by atoms with van der Waals surface area (Å²) in [6.07, 6.45) is 4.87. The van der Waals surface area contributed by atoms with Gasteiger partial charge in [-0.2, -0.15) is 9.78 Å². The van der Waals surface area contributed by atoms with Crippen molar-refractivity contribution in [2.24, 2.45) is 10.8 Å². The molecule has 1 aliphatic rings. The maximum Gasteiger partial charge on any atom is 0.230 e. The second kappa shape index (κ2) is 4.19. The largest absolute Gasteiger partial charge is 0.230 e. The van der Waals surface area contributed by atoms with E-state index in [4.69, 9.17) is 9.78 Å². The van der Waals surface area contributed by atoms with Crippen LogP contribution in [0.15, 0.2) is 0 Å². The minimum Gasteiger partial charge on any atom is -0.198 e. The molecule has 0 aliphatic carbocycles. The van der Waals surface area contributed by atoms with E-state index in [1.165, 1.54) is 19.3 Å². The third-order valence-corrected chi connectivity index (χ3v) is 3.74. The maximum absolute atomic E-state index is 5.09. The van der Waals surface area contributed by atoms with Crippen molar-refractivity contribution in [2.45, 2.75) is 66.6 Å². The lowest BCUT2D eigenvalue weighted by atomic mass is 9.62. The van der Waals surface area contributed by atoms with Gasteiger partial charge in [-0.05, 0) is 18.3 Å². The summed E-state index contributed by atoms with van der Waals surface area (Å²) in [4.78, 5) is 10.2. The predicted octanol–water partition coefficient (Wildman–Crippen LogP) is 3.91. The zero-order chi connectivity index (χ0) is 10.8. The molecule has 0 bridgehead atoms. The predicted molar refractivity (Wildman–Crippen MR) is 57.7 cm³/mol. The van der Waals surface area contributed by atoms with Crippen molar-refractivity contribution in [3.8, 4) is 0 Å². The van der Waals surface area contributed by atoms with Crippen LogP contribution in [-0.4, -0.2) is 6.29 Å². The molecule has 0 saturated carbocycles. The molecule has 1 unspecified atom stereocenters. The Labute approximate surface area is 87.9 Å². The van der Waals surface area contributed by atoms with E-state index in [1.807, 2.05) is 0 Å². The second-order valence-corrected chi connectivity index (χ2v) is 5.39. The average molecular weight is 200 g/mol. The third-order valence-electron chi connectivity index (χ3n) is 3.74. The first-order chi connectivity index (χ1) is 6.48. The van der Waals surface area contributed by atoms with Crippen molar-refractivity contribution >= 4 is 0 Å². The van der Waals surface area contributed by atoms with Crippen LogP contribution >= 0.6 is 0 Å². The van der Waals surface area contributed by atoms with Crippen LogP contribution in [0.1, 0.15) is 60.3 Å². The summed E-state index contributed by atoms with van der Waals surface area (Å²) < 4.78 is 0. The van der Waals surface area contributed by atoms with Gasteiger partial charge < -0.3 is 0 Å².